The SMILES string of the molecule is CC(=O)c1cccc(-c2cc(N3CC4CCCNC4C3)nc(N)n2)c1. The summed E-state index contributed by atoms with van der Waals surface area (Å²) in [6, 6.07) is 10.0. The van der Waals surface area contributed by atoms with Gasteiger partial charge in [-0.25, -0.2) is 4.98 Å². The van der Waals surface area contributed by atoms with E-state index in [0.29, 0.717) is 17.5 Å². The highest BCUT2D eigenvalue weighted by Crippen LogP contribution is 2.30. The van der Waals surface area contributed by atoms with E-state index in [1.165, 1.54) is 12.8 Å². The third-order valence-electron chi connectivity index (χ3n) is 5.22. The summed E-state index contributed by atoms with van der Waals surface area (Å²) in [6.45, 7) is 4.62. The second-order valence-corrected chi connectivity index (χ2v) is 6.97. The number of benzene rings is 1. The van der Waals surface area contributed by atoms with Crippen LogP contribution in [-0.4, -0.2) is 41.4 Å². The van der Waals surface area contributed by atoms with E-state index in [0.717, 1.165) is 36.7 Å². The minimum atomic E-state index is 0.0406. The molecule has 0 bridgehead atoms. The molecule has 130 valence electrons. The topological polar surface area (TPSA) is 84.1 Å². The standard InChI is InChI=1S/C19H23N5O/c1-12(25)13-4-2-5-14(8-13)16-9-18(23-19(20)22-16)24-10-15-6-3-7-21-17(15)11-24/h2,4-5,8-9,15,17,21H,3,6-7,10-11H2,1H3,(H2,20,22,23). The highest BCUT2D eigenvalue weighted by atomic mass is 16.1. The smallest absolute Gasteiger partial charge is 0.222 e. The lowest BCUT2D eigenvalue weighted by Gasteiger charge is -2.24. The molecule has 2 aliphatic heterocycles. The number of ketones is 1. The van der Waals surface area contributed by atoms with Crippen LogP contribution in [0, 0.1) is 5.92 Å². The minimum Gasteiger partial charge on any atom is -0.368 e. The van der Waals surface area contributed by atoms with Crippen LogP contribution in [0.2, 0.25) is 0 Å². The molecule has 3 heterocycles. The Morgan fingerprint density at radius 2 is 2.16 bits per heavy atom. The van der Waals surface area contributed by atoms with Gasteiger partial charge in [0.2, 0.25) is 5.95 Å². The molecule has 2 atom stereocenters. The number of hydrogen-bond acceptors (Lipinski definition) is 6. The van der Waals surface area contributed by atoms with Gasteiger partial charge < -0.3 is 16.0 Å². The molecule has 2 aromatic rings. The van der Waals surface area contributed by atoms with Crippen LogP contribution in [0.5, 0.6) is 0 Å². The average molecular weight is 337 g/mol. The highest BCUT2D eigenvalue weighted by molar-refractivity contribution is 5.95. The summed E-state index contributed by atoms with van der Waals surface area (Å²) in [5.74, 6) is 1.85. The summed E-state index contributed by atoms with van der Waals surface area (Å²) < 4.78 is 0. The summed E-state index contributed by atoms with van der Waals surface area (Å²) in [7, 11) is 0. The van der Waals surface area contributed by atoms with Gasteiger partial charge >= 0.3 is 0 Å². The van der Waals surface area contributed by atoms with Gasteiger partial charge in [-0.3, -0.25) is 4.79 Å². The molecule has 1 aromatic carbocycles. The van der Waals surface area contributed by atoms with Gasteiger partial charge in [-0.1, -0.05) is 18.2 Å². The van der Waals surface area contributed by atoms with Crippen LogP contribution in [0.1, 0.15) is 30.1 Å². The Hall–Kier alpha value is -2.47. The van der Waals surface area contributed by atoms with Gasteiger partial charge in [0.05, 0.1) is 5.69 Å². The third kappa shape index (κ3) is 3.22. The highest BCUT2D eigenvalue weighted by Gasteiger charge is 2.35. The maximum absolute atomic E-state index is 11.6. The van der Waals surface area contributed by atoms with Crippen molar-refractivity contribution in [3.63, 3.8) is 0 Å². The number of anilines is 2. The lowest BCUT2D eigenvalue weighted by Crippen LogP contribution is -2.40. The molecule has 3 N–H and O–H groups in total. The van der Waals surface area contributed by atoms with E-state index >= 15 is 0 Å². The number of nitrogens with zero attached hydrogens (tertiary/aromatic N) is 3. The summed E-state index contributed by atoms with van der Waals surface area (Å²) in [6.07, 6.45) is 2.51. The molecule has 1 aromatic heterocycles. The molecule has 2 fully saturated rings. The van der Waals surface area contributed by atoms with Crippen molar-refractivity contribution in [2.75, 3.05) is 30.3 Å². The number of carbonyl (C=O) groups excluding carboxylic acids is 1. The third-order valence-corrected chi connectivity index (χ3v) is 5.22. The first kappa shape index (κ1) is 16.0. The average Bonchev–Trinajstić information content (AvgIpc) is 3.05. The summed E-state index contributed by atoms with van der Waals surface area (Å²) in [4.78, 5) is 22.8. The van der Waals surface area contributed by atoms with Gasteiger partial charge in [0.25, 0.3) is 0 Å². The van der Waals surface area contributed by atoms with E-state index in [-0.39, 0.29) is 11.7 Å². The fourth-order valence-electron chi connectivity index (χ4n) is 3.89. The number of fused-ring (bicyclic) bond motifs is 1. The predicted octanol–water partition coefficient (Wildman–Crippen LogP) is 2.12. The second-order valence-electron chi connectivity index (χ2n) is 6.97. The summed E-state index contributed by atoms with van der Waals surface area (Å²) in [5.41, 5.74) is 8.30. The fourth-order valence-corrected chi connectivity index (χ4v) is 3.89. The van der Waals surface area contributed by atoms with E-state index in [1.54, 1.807) is 6.92 Å². The number of nitrogens with one attached hydrogen (secondary N) is 1. The molecule has 0 spiro atoms. The number of aromatic nitrogens is 2. The van der Waals surface area contributed by atoms with Crippen molar-refractivity contribution in [3.05, 3.63) is 35.9 Å². The molecule has 2 aliphatic rings. The van der Waals surface area contributed by atoms with E-state index in [9.17, 15) is 4.79 Å². The van der Waals surface area contributed by atoms with Crippen LogP contribution in [0.25, 0.3) is 11.3 Å². The maximum Gasteiger partial charge on any atom is 0.222 e. The number of rotatable bonds is 3. The second kappa shape index (κ2) is 6.44. The normalized spacial score (nSPS) is 22.7. The number of carbonyl (C=O) groups is 1. The lowest BCUT2D eigenvalue weighted by atomic mass is 9.94. The van der Waals surface area contributed by atoms with Gasteiger partial charge in [0.1, 0.15) is 5.82 Å². The quantitative estimate of drug-likeness (QED) is 0.835. The molecule has 6 heteroatoms. The van der Waals surface area contributed by atoms with E-state index in [1.807, 2.05) is 30.3 Å². The van der Waals surface area contributed by atoms with E-state index in [4.69, 9.17) is 5.73 Å². The molecular weight excluding hydrogens is 314 g/mol. The summed E-state index contributed by atoms with van der Waals surface area (Å²) >= 11 is 0. The zero-order valence-corrected chi connectivity index (χ0v) is 14.4. The van der Waals surface area contributed by atoms with Crippen LogP contribution >= 0.6 is 0 Å². The zero-order chi connectivity index (χ0) is 17.4. The van der Waals surface area contributed by atoms with E-state index in [2.05, 4.69) is 20.2 Å². The van der Waals surface area contributed by atoms with Crippen molar-refractivity contribution >= 4 is 17.5 Å². The lowest BCUT2D eigenvalue weighted by molar-refractivity contribution is 0.101. The Morgan fingerprint density at radius 1 is 1.28 bits per heavy atom. The Bertz CT molecular complexity index is 792. The van der Waals surface area contributed by atoms with Crippen LogP contribution < -0.4 is 16.0 Å². The van der Waals surface area contributed by atoms with Crippen molar-refractivity contribution in [3.8, 4) is 11.3 Å². The largest absolute Gasteiger partial charge is 0.368 e. The molecule has 0 amide bonds. The van der Waals surface area contributed by atoms with Crippen molar-refractivity contribution < 1.29 is 4.79 Å². The molecule has 2 unspecified atom stereocenters. The number of Topliss-reactive ketones (excluding diaryl/α,β-unsaturated/α-hetero) is 1. The van der Waals surface area contributed by atoms with Crippen LogP contribution in [0.3, 0.4) is 0 Å². The Morgan fingerprint density at radius 3 is 2.96 bits per heavy atom. The molecule has 0 aliphatic carbocycles. The molecular formula is C19H23N5O. The first-order chi connectivity index (χ1) is 12.1. The van der Waals surface area contributed by atoms with Gasteiger partial charge in [-0.2, -0.15) is 4.98 Å². The first-order valence-corrected chi connectivity index (χ1v) is 8.84. The van der Waals surface area contributed by atoms with Crippen molar-refractivity contribution in [2.45, 2.75) is 25.8 Å². The van der Waals surface area contributed by atoms with E-state index < -0.39 is 0 Å². The monoisotopic (exact) mass is 337 g/mol. The van der Waals surface area contributed by atoms with Crippen LogP contribution in [0.4, 0.5) is 11.8 Å². The van der Waals surface area contributed by atoms with Gasteiger partial charge in [-0.05, 0) is 38.3 Å². The molecule has 4 rings (SSSR count). The first-order valence-electron chi connectivity index (χ1n) is 8.84. The Balaban J connectivity index is 1.65. The Labute approximate surface area is 147 Å². The summed E-state index contributed by atoms with van der Waals surface area (Å²) in [5, 5.41) is 3.61. The van der Waals surface area contributed by atoms with Gasteiger partial charge in [0.15, 0.2) is 5.78 Å². The number of nitrogens with two attached hydrogens (primary N) is 1. The Kier molecular flexibility index (Phi) is 4.13. The van der Waals surface area contributed by atoms with Crippen molar-refractivity contribution in [1.29, 1.82) is 0 Å². The predicted molar refractivity (Wildman–Crippen MR) is 98.6 cm³/mol. The van der Waals surface area contributed by atoms with Gasteiger partial charge in [-0.15, -0.1) is 0 Å². The molecule has 2 saturated heterocycles. The molecule has 0 saturated carbocycles. The minimum absolute atomic E-state index is 0.0406. The van der Waals surface area contributed by atoms with Gasteiger partial charge in [0, 0.05) is 36.3 Å². The number of piperidine rings is 1. The molecule has 6 nitrogen and oxygen atoms in total. The molecule has 25 heavy (non-hydrogen) atoms. The van der Waals surface area contributed by atoms with Crippen molar-refractivity contribution in [1.82, 2.24) is 15.3 Å². The molecule has 0 radical (unpaired) electrons. The fraction of sp³-hybridized carbons (Fsp3) is 0.421. The zero-order valence-electron chi connectivity index (χ0n) is 14.4. The maximum atomic E-state index is 11.6. The number of hydrogen-bond donors (Lipinski definition) is 2. The van der Waals surface area contributed by atoms with Crippen LogP contribution in [-0.2, 0) is 0 Å². The number of nitrogen functional groups attached to an aromatic ring is 1. The van der Waals surface area contributed by atoms with Crippen LogP contribution in [0.15, 0.2) is 30.3 Å². The van der Waals surface area contributed by atoms with Crippen molar-refractivity contribution in [2.24, 2.45) is 5.92 Å².